The second-order valence-electron chi connectivity index (χ2n) is 6.90. The van der Waals surface area contributed by atoms with Gasteiger partial charge in [0, 0.05) is 31.9 Å². The van der Waals surface area contributed by atoms with Gasteiger partial charge in [-0.1, -0.05) is 43.0 Å². The lowest BCUT2D eigenvalue weighted by Crippen LogP contribution is -2.41. The van der Waals surface area contributed by atoms with Crippen LogP contribution in [0.25, 0.3) is 22.5 Å². The van der Waals surface area contributed by atoms with Crippen LogP contribution in [0.3, 0.4) is 0 Å². The van der Waals surface area contributed by atoms with E-state index in [0.717, 1.165) is 43.0 Å². The first-order chi connectivity index (χ1) is 13.9. The van der Waals surface area contributed by atoms with Crippen LogP contribution in [0, 0.1) is 0 Å². The van der Waals surface area contributed by atoms with Gasteiger partial charge in [-0.25, -0.2) is 13.6 Å². The number of tetrazole rings is 1. The minimum Gasteiger partial charge on any atom is -0.386 e. The second kappa shape index (κ2) is 7.74. The Bertz CT molecular complexity index is 1130. The summed E-state index contributed by atoms with van der Waals surface area (Å²) in [5.74, 6) is 0.174. The van der Waals surface area contributed by atoms with E-state index >= 15 is 0 Å². The standard InChI is InChI=1S/C19H21N7O2S/c1-13-11-26(10-9-21-13)12-14-5-7-15(8-6-14)16-3-2-4-17(29(20,27)28)18(16)19-22-24-25-23-19/h2-8,21H,1,9-12H2,(H2,20,27,28)(H,22,23,24,25). The van der Waals surface area contributed by atoms with Crippen LogP contribution in [-0.2, 0) is 16.6 Å². The molecule has 1 aliphatic rings. The van der Waals surface area contributed by atoms with E-state index in [1.807, 2.05) is 30.3 Å². The first-order valence-corrected chi connectivity index (χ1v) is 10.6. The molecule has 0 spiro atoms. The zero-order chi connectivity index (χ0) is 20.4. The first-order valence-electron chi connectivity index (χ1n) is 9.05. The van der Waals surface area contributed by atoms with E-state index in [1.165, 1.54) is 6.07 Å². The van der Waals surface area contributed by atoms with Gasteiger partial charge in [-0.3, -0.25) is 4.90 Å². The molecule has 0 bridgehead atoms. The fourth-order valence-electron chi connectivity index (χ4n) is 3.49. The lowest BCUT2D eigenvalue weighted by molar-refractivity contribution is 0.259. The third-order valence-corrected chi connectivity index (χ3v) is 5.74. The number of aromatic nitrogens is 4. The molecule has 9 nitrogen and oxygen atoms in total. The SMILES string of the molecule is C=C1CN(Cc2ccc(-c3cccc(S(N)(=O)=O)c3-c3nn[nH]n3)cc2)CCN1. The molecule has 0 unspecified atom stereocenters. The van der Waals surface area contributed by atoms with Crippen molar-refractivity contribution in [1.82, 2.24) is 30.8 Å². The highest BCUT2D eigenvalue weighted by molar-refractivity contribution is 7.89. The molecule has 1 aliphatic heterocycles. The summed E-state index contributed by atoms with van der Waals surface area (Å²) in [5, 5.41) is 22.5. The number of hydrogen-bond acceptors (Lipinski definition) is 7. The lowest BCUT2D eigenvalue weighted by atomic mass is 9.98. The summed E-state index contributed by atoms with van der Waals surface area (Å²) in [6, 6.07) is 12.9. The minimum atomic E-state index is -3.97. The topological polar surface area (TPSA) is 130 Å². The molecule has 2 heterocycles. The third kappa shape index (κ3) is 4.19. The number of nitrogens with one attached hydrogen (secondary N) is 2. The monoisotopic (exact) mass is 411 g/mol. The zero-order valence-corrected chi connectivity index (χ0v) is 16.5. The Kier molecular flexibility index (Phi) is 5.14. The van der Waals surface area contributed by atoms with Gasteiger partial charge in [0.15, 0.2) is 0 Å². The molecule has 2 aromatic carbocycles. The van der Waals surface area contributed by atoms with Gasteiger partial charge in [-0.05, 0) is 28.0 Å². The van der Waals surface area contributed by atoms with Crippen molar-refractivity contribution in [2.24, 2.45) is 5.14 Å². The summed E-state index contributed by atoms with van der Waals surface area (Å²) >= 11 is 0. The molecule has 4 rings (SSSR count). The highest BCUT2D eigenvalue weighted by Gasteiger charge is 2.22. The number of nitrogens with zero attached hydrogens (tertiary/aromatic N) is 4. The Morgan fingerprint density at radius 1 is 1.17 bits per heavy atom. The Hall–Kier alpha value is -3.08. The summed E-state index contributed by atoms with van der Waals surface area (Å²) in [5.41, 5.74) is 4.02. The molecule has 0 amide bonds. The molecule has 1 aromatic heterocycles. The second-order valence-corrected chi connectivity index (χ2v) is 8.43. The molecule has 3 aromatic rings. The smallest absolute Gasteiger partial charge is 0.238 e. The number of H-pyrrole nitrogens is 1. The lowest BCUT2D eigenvalue weighted by Gasteiger charge is -2.29. The Balaban J connectivity index is 1.69. The van der Waals surface area contributed by atoms with Gasteiger partial charge >= 0.3 is 0 Å². The van der Waals surface area contributed by atoms with Crippen LogP contribution >= 0.6 is 0 Å². The maximum absolute atomic E-state index is 12.1. The van der Waals surface area contributed by atoms with Crippen molar-refractivity contribution >= 4 is 10.0 Å². The number of benzene rings is 2. The summed E-state index contributed by atoms with van der Waals surface area (Å²) in [7, 11) is -3.97. The molecule has 0 aliphatic carbocycles. The van der Waals surface area contributed by atoms with Gasteiger partial charge in [0.2, 0.25) is 15.8 Å². The van der Waals surface area contributed by atoms with Gasteiger partial charge < -0.3 is 5.32 Å². The van der Waals surface area contributed by atoms with Crippen LogP contribution in [0.1, 0.15) is 5.56 Å². The molecule has 1 saturated heterocycles. The summed E-state index contributed by atoms with van der Waals surface area (Å²) < 4.78 is 24.2. The Morgan fingerprint density at radius 3 is 2.62 bits per heavy atom. The first kappa shape index (κ1) is 19.2. The van der Waals surface area contributed by atoms with E-state index in [4.69, 9.17) is 5.14 Å². The minimum absolute atomic E-state index is 0.0418. The average molecular weight is 411 g/mol. The normalized spacial score (nSPS) is 15.3. The van der Waals surface area contributed by atoms with Crippen molar-refractivity contribution in [3.63, 3.8) is 0 Å². The van der Waals surface area contributed by atoms with Gasteiger partial charge in [0.05, 0.1) is 10.5 Å². The molecule has 0 radical (unpaired) electrons. The summed E-state index contributed by atoms with van der Waals surface area (Å²) in [6.07, 6.45) is 0. The maximum atomic E-state index is 12.1. The van der Waals surface area contributed by atoms with E-state index < -0.39 is 10.0 Å². The van der Waals surface area contributed by atoms with Crippen molar-refractivity contribution in [2.75, 3.05) is 19.6 Å². The summed E-state index contributed by atoms with van der Waals surface area (Å²) in [6.45, 7) is 7.48. The Morgan fingerprint density at radius 2 is 1.97 bits per heavy atom. The van der Waals surface area contributed by atoms with Crippen molar-refractivity contribution in [3.8, 4) is 22.5 Å². The molecular weight excluding hydrogens is 390 g/mol. The van der Waals surface area contributed by atoms with E-state index in [-0.39, 0.29) is 10.7 Å². The largest absolute Gasteiger partial charge is 0.386 e. The highest BCUT2D eigenvalue weighted by Crippen LogP contribution is 2.34. The van der Waals surface area contributed by atoms with Gasteiger partial charge in [0.1, 0.15) is 0 Å². The van der Waals surface area contributed by atoms with E-state index in [9.17, 15) is 8.42 Å². The third-order valence-electron chi connectivity index (χ3n) is 4.79. The van der Waals surface area contributed by atoms with Gasteiger partial charge in [-0.2, -0.15) is 5.21 Å². The summed E-state index contributed by atoms with van der Waals surface area (Å²) in [4.78, 5) is 2.28. The molecule has 0 saturated carbocycles. The average Bonchev–Trinajstić information content (AvgIpc) is 3.22. The number of primary sulfonamides is 1. The predicted molar refractivity (Wildman–Crippen MR) is 109 cm³/mol. The van der Waals surface area contributed by atoms with E-state index in [1.54, 1.807) is 6.07 Å². The molecular formula is C19H21N7O2S. The Labute approximate surface area is 168 Å². The fraction of sp³-hybridized carbons (Fsp3) is 0.211. The maximum Gasteiger partial charge on any atom is 0.238 e. The predicted octanol–water partition coefficient (Wildman–Crippen LogP) is 1.10. The van der Waals surface area contributed by atoms with Crippen LogP contribution in [0.15, 0.2) is 59.6 Å². The number of sulfonamides is 1. The van der Waals surface area contributed by atoms with Crippen LogP contribution in [0.4, 0.5) is 0 Å². The molecule has 150 valence electrons. The molecule has 4 N–H and O–H groups in total. The molecule has 29 heavy (non-hydrogen) atoms. The number of piperazine rings is 1. The fourth-order valence-corrected chi connectivity index (χ4v) is 4.24. The van der Waals surface area contributed by atoms with Crippen molar-refractivity contribution < 1.29 is 8.42 Å². The zero-order valence-electron chi connectivity index (χ0n) is 15.7. The van der Waals surface area contributed by atoms with Gasteiger partial charge in [-0.15, -0.1) is 10.2 Å². The van der Waals surface area contributed by atoms with Crippen molar-refractivity contribution in [2.45, 2.75) is 11.4 Å². The van der Waals surface area contributed by atoms with Crippen LogP contribution in [0.2, 0.25) is 0 Å². The molecule has 0 atom stereocenters. The van der Waals surface area contributed by atoms with E-state index in [2.05, 4.69) is 37.4 Å². The van der Waals surface area contributed by atoms with E-state index in [0.29, 0.717) is 11.1 Å². The van der Waals surface area contributed by atoms with Crippen molar-refractivity contribution in [3.05, 3.63) is 60.3 Å². The quantitative estimate of drug-likeness (QED) is 0.573. The van der Waals surface area contributed by atoms with Crippen molar-refractivity contribution in [1.29, 1.82) is 0 Å². The molecule has 10 heteroatoms. The van der Waals surface area contributed by atoms with Crippen LogP contribution in [-0.4, -0.2) is 53.6 Å². The van der Waals surface area contributed by atoms with Gasteiger partial charge in [0.25, 0.3) is 0 Å². The van der Waals surface area contributed by atoms with Crippen LogP contribution < -0.4 is 10.5 Å². The highest BCUT2D eigenvalue weighted by atomic mass is 32.2. The number of rotatable bonds is 5. The number of hydrogen-bond donors (Lipinski definition) is 3. The number of aromatic amines is 1. The molecule has 1 fully saturated rings. The van der Waals surface area contributed by atoms with Crippen LogP contribution in [0.5, 0.6) is 0 Å². The number of nitrogens with two attached hydrogens (primary N) is 1.